The molecule has 0 unspecified atom stereocenters. The van der Waals surface area contributed by atoms with Crippen LogP contribution < -0.4 is 5.43 Å². The molecule has 0 aliphatic rings. The molecule has 0 aliphatic carbocycles. The van der Waals surface area contributed by atoms with Crippen LogP contribution in [0.5, 0.6) is 0 Å². The van der Waals surface area contributed by atoms with E-state index in [1.165, 1.54) is 23.5 Å². The third kappa shape index (κ3) is 3.91. The van der Waals surface area contributed by atoms with Crippen LogP contribution in [0.2, 0.25) is 0 Å². The fraction of sp³-hybridized carbons (Fsp3) is 0.0556. The number of nitriles is 1. The highest BCUT2D eigenvalue weighted by molar-refractivity contribution is 7.12. The van der Waals surface area contributed by atoms with Gasteiger partial charge in [-0.25, -0.2) is 4.98 Å². The first kappa shape index (κ1) is 17.3. The van der Waals surface area contributed by atoms with Gasteiger partial charge in [0.15, 0.2) is 10.7 Å². The Balaban J connectivity index is 1.82. The molecule has 0 saturated heterocycles. The SMILES string of the molecule is Cc1ccc(-c2csc(/C(C#N)=N/Nc3cccc([N+](=O)[O-])c3)n2)cc1. The van der Waals surface area contributed by atoms with Crippen molar-refractivity contribution < 1.29 is 4.92 Å². The lowest BCUT2D eigenvalue weighted by molar-refractivity contribution is -0.384. The van der Waals surface area contributed by atoms with Crippen LogP contribution in [0.4, 0.5) is 11.4 Å². The number of thiazole rings is 1. The van der Waals surface area contributed by atoms with Crippen LogP contribution >= 0.6 is 11.3 Å². The maximum atomic E-state index is 10.8. The first-order valence-electron chi connectivity index (χ1n) is 7.58. The number of nitro groups is 1. The van der Waals surface area contributed by atoms with Crippen molar-refractivity contribution >= 4 is 28.4 Å². The zero-order valence-electron chi connectivity index (χ0n) is 13.7. The van der Waals surface area contributed by atoms with Crippen molar-refractivity contribution in [1.29, 1.82) is 5.26 Å². The molecule has 2 aromatic carbocycles. The van der Waals surface area contributed by atoms with E-state index in [1.54, 1.807) is 12.1 Å². The number of nitrogens with one attached hydrogen (secondary N) is 1. The lowest BCUT2D eigenvalue weighted by Crippen LogP contribution is -2.01. The van der Waals surface area contributed by atoms with Crippen molar-refractivity contribution in [2.75, 3.05) is 5.43 Å². The largest absolute Gasteiger partial charge is 0.277 e. The van der Waals surface area contributed by atoms with Gasteiger partial charge in [-0.3, -0.25) is 15.5 Å². The normalized spacial score (nSPS) is 11.0. The van der Waals surface area contributed by atoms with Crippen molar-refractivity contribution in [3.8, 4) is 17.3 Å². The van der Waals surface area contributed by atoms with Crippen molar-refractivity contribution in [3.63, 3.8) is 0 Å². The molecule has 8 heteroatoms. The summed E-state index contributed by atoms with van der Waals surface area (Å²) in [5.74, 6) is 0. The molecule has 0 saturated carbocycles. The smallest absolute Gasteiger partial charge is 0.271 e. The molecule has 0 radical (unpaired) electrons. The Labute approximate surface area is 153 Å². The summed E-state index contributed by atoms with van der Waals surface area (Å²) < 4.78 is 0. The van der Waals surface area contributed by atoms with Gasteiger partial charge in [0.25, 0.3) is 5.69 Å². The van der Waals surface area contributed by atoms with E-state index in [0.29, 0.717) is 10.7 Å². The van der Waals surface area contributed by atoms with E-state index in [-0.39, 0.29) is 11.4 Å². The van der Waals surface area contributed by atoms with Gasteiger partial charge in [-0.15, -0.1) is 11.3 Å². The molecule has 0 atom stereocenters. The number of nitro benzene ring substituents is 1. The van der Waals surface area contributed by atoms with E-state index in [9.17, 15) is 15.4 Å². The monoisotopic (exact) mass is 363 g/mol. The molecule has 1 N–H and O–H groups in total. The Morgan fingerprint density at radius 3 is 2.77 bits per heavy atom. The number of aromatic nitrogens is 1. The van der Waals surface area contributed by atoms with Gasteiger partial charge in [0.2, 0.25) is 0 Å². The Morgan fingerprint density at radius 1 is 1.31 bits per heavy atom. The molecule has 0 bridgehead atoms. The summed E-state index contributed by atoms with van der Waals surface area (Å²) in [4.78, 5) is 14.8. The van der Waals surface area contributed by atoms with Crippen LogP contribution in [0.25, 0.3) is 11.3 Å². The van der Waals surface area contributed by atoms with E-state index in [1.807, 2.05) is 42.6 Å². The predicted molar refractivity (Wildman–Crippen MR) is 101 cm³/mol. The van der Waals surface area contributed by atoms with Gasteiger partial charge in [-0.1, -0.05) is 35.9 Å². The van der Waals surface area contributed by atoms with E-state index >= 15 is 0 Å². The minimum absolute atomic E-state index is 0.0559. The van der Waals surface area contributed by atoms with Gasteiger partial charge in [-0.05, 0) is 13.0 Å². The molecule has 7 nitrogen and oxygen atoms in total. The number of non-ortho nitro benzene ring substituents is 1. The first-order chi connectivity index (χ1) is 12.6. The summed E-state index contributed by atoms with van der Waals surface area (Å²) in [6.45, 7) is 2.01. The fourth-order valence-electron chi connectivity index (χ4n) is 2.17. The Morgan fingerprint density at radius 2 is 2.08 bits per heavy atom. The third-order valence-electron chi connectivity index (χ3n) is 3.51. The van der Waals surface area contributed by atoms with Gasteiger partial charge in [0.1, 0.15) is 6.07 Å². The molecule has 0 spiro atoms. The lowest BCUT2D eigenvalue weighted by atomic mass is 10.1. The molecule has 0 fully saturated rings. The molecular formula is C18H13N5O2S. The van der Waals surface area contributed by atoms with Crippen LogP contribution in [0.15, 0.2) is 59.0 Å². The molecule has 26 heavy (non-hydrogen) atoms. The average molecular weight is 363 g/mol. The summed E-state index contributed by atoms with van der Waals surface area (Å²) in [5.41, 5.74) is 6.03. The standard InChI is InChI=1S/C18H13N5O2S/c1-12-5-7-13(8-6-12)17-11-26-18(20-17)16(10-19)22-21-14-3-2-4-15(9-14)23(24)25/h2-9,11,21H,1H3/b22-16+. The number of hydrogen-bond donors (Lipinski definition) is 1. The zero-order chi connectivity index (χ0) is 18.5. The molecule has 0 aliphatic heterocycles. The van der Waals surface area contributed by atoms with Crippen molar-refractivity contribution in [2.24, 2.45) is 5.10 Å². The van der Waals surface area contributed by atoms with E-state index in [0.717, 1.165) is 16.8 Å². The molecule has 3 aromatic rings. The highest BCUT2D eigenvalue weighted by Crippen LogP contribution is 2.23. The highest BCUT2D eigenvalue weighted by Gasteiger charge is 2.11. The molecule has 0 amide bonds. The minimum atomic E-state index is -0.491. The second-order valence-corrected chi connectivity index (χ2v) is 6.25. The van der Waals surface area contributed by atoms with Crippen LogP contribution in [0.3, 0.4) is 0 Å². The van der Waals surface area contributed by atoms with E-state index < -0.39 is 4.92 Å². The second-order valence-electron chi connectivity index (χ2n) is 5.40. The molecule has 1 heterocycles. The van der Waals surface area contributed by atoms with Gasteiger partial charge >= 0.3 is 0 Å². The Bertz CT molecular complexity index is 1020. The molecule has 128 valence electrons. The lowest BCUT2D eigenvalue weighted by Gasteiger charge is -2.00. The highest BCUT2D eigenvalue weighted by atomic mass is 32.1. The Hall–Kier alpha value is -3.57. The quantitative estimate of drug-likeness (QED) is 0.412. The van der Waals surface area contributed by atoms with Crippen molar-refractivity contribution in [1.82, 2.24) is 4.98 Å². The zero-order valence-corrected chi connectivity index (χ0v) is 14.5. The topological polar surface area (TPSA) is 104 Å². The van der Waals surface area contributed by atoms with Crippen molar-refractivity contribution in [2.45, 2.75) is 6.92 Å². The molecular weight excluding hydrogens is 350 g/mol. The summed E-state index contributed by atoms with van der Waals surface area (Å²) in [6, 6.07) is 15.8. The van der Waals surface area contributed by atoms with Gasteiger partial charge < -0.3 is 0 Å². The maximum Gasteiger partial charge on any atom is 0.271 e. The second kappa shape index (κ2) is 7.55. The molecule has 1 aromatic heterocycles. The number of hydrazone groups is 1. The Kier molecular flexibility index (Phi) is 5.01. The first-order valence-corrected chi connectivity index (χ1v) is 8.46. The predicted octanol–water partition coefficient (Wildman–Crippen LogP) is 4.37. The van der Waals surface area contributed by atoms with Crippen LogP contribution in [0.1, 0.15) is 10.6 Å². The van der Waals surface area contributed by atoms with E-state index in [4.69, 9.17) is 0 Å². The maximum absolute atomic E-state index is 10.8. The fourth-order valence-corrected chi connectivity index (χ4v) is 2.94. The third-order valence-corrected chi connectivity index (χ3v) is 4.36. The number of nitrogens with zero attached hydrogens (tertiary/aromatic N) is 4. The van der Waals surface area contributed by atoms with Gasteiger partial charge in [0, 0.05) is 23.1 Å². The minimum Gasteiger partial charge on any atom is -0.277 e. The number of rotatable bonds is 5. The van der Waals surface area contributed by atoms with E-state index in [2.05, 4.69) is 15.5 Å². The van der Waals surface area contributed by atoms with Crippen LogP contribution in [-0.4, -0.2) is 15.6 Å². The summed E-state index contributed by atoms with van der Waals surface area (Å²) in [6.07, 6.45) is 0. The summed E-state index contributed by atoms with van der Waals surface area (Å²) >= 11 is 1.31. The summed E-state index contributed by atoms with van der Waals surface area (Å²) in [5, 5.41) is 26.5. The van der Waals surface area contributed by atoms with Gasteiger partial charge in [0.05, 0.1) is 16.3 Å². The van der Waals surface area contributed by atoms with Crippen molar-refractivity contribution in [3.05, 3.63) is 74.6 Å². The van der Waals surface area contributed by atoms with Crippen LogP contribution in [0, 0.1) is 28.4 Å². The average Bonchev–Trinajstić information content (AvgIpc) is 3.13. The number of anilines is 1. The summed E-state index contributed by atoms with van der Waals surface area (Å²) in [7, 11) is 0. The molecule has 3 rings (SSSR count). The van der Waals surface area contributed by atoms with Gasteiger partial charge in [-0.2, -0.15) is 10.4 Å². The number of hydrogen-bond acceptors (Lipinski definition) is 7. The number of aryl methyl sites for hydroxylation is 1. The van der Waals surface area contributed by atoms with Crippen LogP contribution in [-0.2, 0) is 0 Å². The number of benzene rings is 2.